The summed E-state index contributed by atoms with van der Waals surface area (Å²) in [5.41, 5.74) is -0.0430. The lowest BCUT2D eigenvalue weighted by Crippen LogP contribution is -2.45. The van der Waals surface area contributed by atoms with E-state index in [1.807, 2.05) is 0 Å². The summed E-state index contributed by atoms with van der Waals surface area (Å²) >= 11 is 6.05. The van der Waals surface area contributed by atoms with Crippen molar-refractivity contribution in [2.75, 3.05) is 18.4 Å². The molecule has 0 unspecified atom stereocenters. The molecule has 2 aromatic carbocycles. The van der Waals surface area contributed by atoms with Gasteiger partial charge in [0, 0.05) is 22.3 Å². The molecule has 0 bridgehead atoms. The van der Waals surface area contributed by atoms with Crippen molar-refractivity contribution in [3.05, 3.63) is 64.4 Å². The lowest BCUT2D eigenvalue weighted by molar-refractivity contribution is -0.123. The predicted octanol–water partition coefficient (Wildman–Crippen LogP) is 3.34. The zero-order valence-corrected chi connectivity index (χ0v) is 16.0. The van der Waals surface area contributed by atoms with E-state index in [2.05, 4.69) is 16.0 Å². The van der Waals surface area contributed by atoms with Crippen LogP contribution in [0.25, 0.3) is 0 Å². The van der Waals surface area contributed by atoms with Crippen LogP contribution < -0.4 is 16.0 Å². The van der Waals surface area contributed by atoms with Gasteiger partial charge in [0.1, 0.15) is 5.82 Å². The molecule has 150 valence electrons. The minimum atomic E-state index is -1.09. The maximum Gasteiger partial charge on any atom is 0.243 e. The molecule has 0 atom stereocenters. The molecular weight excluding hydrogens is 395 g/mol. The van der Waals surface area contributed by atoms with Crippen molar-refractivity contribution in [3.8, 4) is 0 Å². The van der Waals surface area contributed by atoms with Crippen molar-refractivity contribution in [3.63, 3.8) is 0 Å². The fourth-order valence-electron chi connectivity index (χ4n) is 2.41. The van der Waals surface area contributed by atoms with Gasteiger partial charge in [-0.15, -0.1) is 0 Å². The number of halogens is 4. The Kier molecular flexibility index (Phi) is 7.04. The summed E-state index contributed by atoms with van der Waals surface area (Å²) in [6.07, 6.45) is 0. The highest BCUT2D eigenvalue weighted by Crippen LogP contribution is 2.28. The third-order valence-corrected chi connectivity index (χ3v) is 4.26. The highest BCUT2D eigenvalue weighted by atomic mass is 35.5. The summed E-state index contributed by atoms with van der Waals surface area (Å²) in [6.45, 7) is 3.07. The molecule has 2 rings (SSSR count). The maximum atomic E-state index is 13.2. The predicted molar refractivity (Wildman–Crippen MR) is 100 cm³/mol. The number of carbonyl (C=O) groups is 2. The van der Waals surface area contributed by atoms with Crippen LogP contribution in [0.3, 0.4) is 0 Å². The third kappa shape index (κ3) is 5.97. The molecule has 2 amide bonds. The molecule has 9 heteroatoms. The van der Waals surface area contributed by atoms with E-state index in [1.54, 1.807) is 13.8 Å². The van der Waals surface area contributed by atoms with E-state index in [-0.39, 0.29) is 23.8 Å². The minimum Gasteiger partial charge on any atom is -0.346 e. The van der Waals surface area contributed by atoms with Crippen molar-refractivity contribution < 1.29 is 22.8 Å². The summed E-state index contributed by atoms with van der Waals surface area (Å²) in [5, 5.41) is 7.95. The molecule has 0 aliphatic carbocycles. The van der Waals surface area contributed by atoms with Gasteiger partial charge in [0.05, 0.1) is 13.1 Å². The summed E-state index contributed by atoms with van der Waals surface area (Å²) in [5.74, 6) is -3.64. The van der Waals surface area contributed by atoms with Crippen LogP contribution in [0.2, 0.25) is 5.02 Å². The van der Waals surface area contributed by atoms with Crippen LogP contribution >= 0.6 is 11.6 Å². The number of rotatable bonds is 7. The Morgan fingerprint density at radius 2 is 1.68 bits per heavy atom. The van der Waals surface area contributed by atoms with Crippen molar-refractivity contribution in [2.45, 2.75) is 19.4 Å². The summed E-state index contributed by atoms with van der Waals surface area (Å²) in [7, 11) is 0. The molecule has 28 heavy (non-hydrogen) atoms. The van der Waals surface area contributed by atoms with Crippen molar-refractivity contribution in [2.24, 2.45) is 0 Å². The smallest absolute Gasteiger partial charge is 0.243 e. The molecule has 0 aromatic heterocycles. The summed E-state index contributed by atoms with van der Waals surface area (Å²) in [4.78, 5) is 23.8. The second kappa shape index (κ2) is 9.07. The normalized spacial score (nSPS) is 11.2. The third-order valence-electron chi connectivity index (χ3n) is 3.94. The largest absolute Gasteiger partial charge is 0.346 e. The van der Waals surface area contributed by atoms with E-state index in [0.717, 1.165) is 12.1 Å². The van der Waals surface area contributed by atoms with Crippen molar-refractivity contribution in [1.82, 2.24) is 10.6 Å². The molecule has 0 saturated heterocycles. The van der Waals surface area contributed by atoms with Gasteiger partial charge < -0.3 is 10.6 Å². The first-order valence-corrected chi connectivity index (χ1v) is 8.68. The lowest BCUT2D eigenvalue weighted by atomic mass is 9.94. The number of amides is 2. The van der Waals surface area contributed by atoms with E-state index in [0.29, 0.717) is 5.56 Å². The molecule has 3 N–H and O–H groups in total. The van der Waals surface area contributed by atoms with Gasteiger partial charge in [0.25, 0.3) is 0 Å². The monoisotopic (exact) mass is 413 g/mol. The molecule has 0 fully saturated rings. The average molecular weight is 414 g/mol. The highest BCUT2D eigenvalue weighted by Gasteiger charge is 2.24. The standard InChI is InChI=1S/C19H19ClF3N3O2/c1-19(2,13-5-3-11(21)7-14(13)20)25-10-17(27)24-9-18(28)26-12-4-6-15(22)16(23)8-12/h3-8,25H,9-10H2,1-2H3,(H,24,27)(H,26,28). The molecule has 0 saturated carbocycles. The first kappa shape index (κ1) is 21.7. The Morgan fingerprint density at radius 1 is 0.964 bits per heavy atom. The fourth-order valence-corrected chi connectivity index (χ4v) is 2.82. The molecule has 2 aromatic rings. The van der Waals surface area contributed by atoms with Gasteiger partial charge in [0.2, 0.25) is 11.8 Å². The van der Waals surface area contributed by atoms with E-state index >= 15 is 0 Å². The molecule has 0 spiro atoms. The van der Waals surface area contributed by atoms with Crippen LogP contribution in [0.1, 0.15) is 19.4 Å². The SMILES string of the molecule is CC(C)(NCC(=O)NCC(=O)Nc1ccc(F)c(F)c1)c1ccc(F)cc1Cl. The first-order chi connectivity index (χ1) is 13.1. The Bertz CT molecular complexity index is 891. The summed E-state index contributed by atoms with van der Waals surface area (Å²) in [6, 6.07) is 6.91. The van der Waals surface area contributed by atoms with Gasteiger partial charge in [-0.3, -0.25) is 14.9 Å². The van der Waals surface area contributed by atoms with Gasteiger partial charge >= 0.3 is 0 Å². The highest BCUT2D eigenvalue weighted by molar-refractivity contribution is 6.31. The van der Waals surface area contributed by atoms with Gasteiger partial charge in [-0.2, -0.15) is 0 Å². The van der Waals surface area contributed by atoms with Gasteiger partial charge in [0.15, 0.2) is 11.6 Å². The van der Waals surface area contributed by atoms with Gasteiger partial charge in [-0.05, 0) is 43.7 Å². The Balaban J connectivity index is 1.83. The average Bonchev–Trinajstić information content (AvgIpc) is 2.61. The van der Waals surface area contributed by atoms with Crippen LogP contribution in [0, 0.1) is 17.5 Å². The topological polar surface area (TPSA) is 70.2 Å². The Hall–Kier alpha value is -2.58. The lowest BCUT2D eigenvalue weighted by Gasteiger charge is -2.27. The minimum absolute atomic E-state index is 0.0726. The Labute approximate surface area is 165 Å². The second-order valence-corrected chi connectivity index (χ2v) is 6.96. The van der Waals surface area contributed by atoms with E-state index in [4.69, 9.17) is 11.6 Å². The molecule has 0 radical (unpaired) electrons. The number of carbonyl (C=O) groups excluding carboxylic acids is 2. The quantitative estimate of drug-likeness (QED) is 0.652. The van der Waals surface area contributed by atoms with E-state index in [9.17, 15) is 22.8 Å². The van der Waals surface area contributed by atoms with Gasteiger partial charge in [-0.25, -0.2) is 13.2 Å². The number of hydrogen-bond donors (Lipinski definition) is 3. The molecular formula is C19H19ClF3N3O2. The van der Waals surface area contributed by atoms with Crippen LogP contribution in [0.4, 0.5) is 18.9 Å². The van der Waals surface area contributed by atoms with Crippen LogP contribution in [0.5, 0.6) is 0 Å². The van der Waals surface area contributed by atoms with Crippen LogP contribution in [-0.2, 0) is 15.1 Å². The zero-order valence-electron chi connectivity index (χ0n) is 15.2. The molecule has 0 aliphatic rings. The molecule has 5 nitrogen and oxygen atoms in total. The first-order valence-electron chi connectivity index (χ1n) is 8.30. The van der Waals surface area contributed by atoms with Crippen molar-refractivity contribution in [1.29, 1.82) is 0 Å². The summed E-state index contributed by atoms with van der Waals surface area (Å²) < 4.78 is 39.1. The number of anilines is 1. The van der Waals surface area contributed by atoms with E-state index < -0.39 is 34.8 Å². The van der Waals surface area contributed by atoms with Gasteiger partial charge in [-0.1, -0.05) is 17.7 Å². The molecule has 0 aliphatic heterocycles. The fraction of sp³-hybridized carbons (Fsp3) is 0.263. The number of benzene rings is 2. The van der Waals surface area contributed by atoms with E-state index in [1.165, 1.54) is 24.3 Å². The Morgan fingerprint density at radius 3 is 2.32 bits per heavy atom. The number of hydrogen-bond acceptors (Lipinski definition) is 3. The maximum absolute atomic E-state index is 13.2. The zero-order chi connectivity index (χ0) is 20.9. The van der Waals surface area contributed by atoms with Crippen LogP contribution in [0.15, 0.2) is 36.4 Å². The van der Waals surface area contributed by atoms with Crippen molar-refractivity contribution >= 4 is 29.1 Å². The second-order valence-electron chi connectivity index (χ2n) is 6.56. The molecule has 0 heterocycles. The number of nitrogens with one attached hydrogen (secondary N) is 3. The van der Waals surface area contributed by atoms with Crippen LogP contribution in [-0.4, -0.2) is 24.9 Å².